The van der Waals surface area contributed by atoms with Crippen molar-refractivity contribution in [2.45, 2.75) is 6.10 Å². The second kappa shape index (κ2) is 16.5. The number of hydrogen-bond donors (Lipinski definition) is 3. The van der Waals surface area contributed by atoms with Crippen molar-refractivity contribution in [1.29, 1.82) is 0 Å². The van der Waals surface area contributed by atoms with E-state index in [2.05, 4.69) is 0 Å². The number of esters is 2. The molecule has 4 aromatic carbocycles. The number of ketones is 1. The number of benzene rings is 4. The predicted octanol–water partition coefficient (Wildman–Crippen LogP) is 5.20. The number of Topliss-reactive ketones (excluding diaryl/α,β-unsaturated/α-hetero) is 1. The van der Waals surface area contributed by atoms with E-state index in [1.165, 1.54) is 89.1 Å². The number of aromatic hydroxyl groups is 3. The quantitative estimate of drug-likeness (QED) is 0.111. The van der Waals surface area contributed by atoms with Crippen molar-refractivity contribution in [3.8, 4) is 46.0 Å². The van der Waals surface area contributed by atoms with Crippen LogP contribution in [-0.2, 0) is 9.47 Å². The summed E-state index contributed by atoms with van der Waals surface area (Å²) in [4.78, 5) is 39.0. The van der Waals surface area contributed by atoms with Crippen molar-refractivity contribution in [3.63, 3.8) is 0 Å². The van der Waals surface area contributed by atoms with Crippen LogP contribution in [0.25, 0.3) is 6.08 Å². The van der Waals surface area contributed by atoms with Crippen LogP contribution in [0.5, 0.6) is 46.0 Å². The topological polar surface area (TPSA) is 177 Å². The number of rotatable bonds is 15. The Morgan fingerprint density at radius 1 is 0.633 bits per heavy atom. The van der Waals surface area contributed by atoms with Crippen molar-refractivity contribution in [1.82, 2.24) is 0 Å². The highest BCUT2D eigenvalue weighted by Gasteiger charge is 2.29. The van der Waals surface area contributed by atoms with E-state index >= 15 is 0 Å². The van der Waals surface area contributed by atoms with Crippen LogP contribution in [0.15, 0.2) is 78.9 Å². The average Bonchev–Trinajstić information content (AvgIpc) is 3.12. The van der Waals surface area contributed by atoms with Gasteiger partial charge < -0.3 is 48.5 Å². The van der Waals surface area contributed by atoms with Gasteiger partial charge in [-0.25, -0.2) is 9.59 Å². The summed E-state index contributed by atoms with van der Waals surface area (Å²) in [6.07, 6.45) is 1.77. The first-order chi connectivity index (χ1) is 23.6. The number of methoxy groups -OCH3 is 4. The molecular formula is C36H34O13. The van der Waals surface area contributed by atoms with Crippen LogP contribution >= 0.6 is 0 Å². The van der Waals surface area contributed by atoms with Gasteiger partial charge in [-0.1, -0.05) is 6.08 Å². The Hall–Kier alpha value is -6.37. The lowest BCUT2D eigenvalue weighted by molar-refractivity contribution is 0.0299. The third-order valence-corrected chi connectivity index (χ3v) is 6.99. The van der Waals surface area contributed by atoms with Gasteiger partial charge in [-0.05, 0) is 84.4 Å². The smallest absolute Gasteiger partial charge is 0.338 e. The lowest BCUT2D eigenvalue weighted by Crippen LogP contribution is -2.34. The molecule has 0 spiro atoms. The van der Waals surface area contributed by atoms with Gasteiger partial charge in [0.1, 0.15) is 24.7 Å². The molecule has 0 heterocycles. The third-order valence-electron chi connectivity index (χ3n) is 6.99. The molecule has 3 N–H and O–H groups in total. The molecule has 0 saturated heterocycles. The maximum Gasteiger partial charge on any atom is 0.338 e. The molecule has 0 amide bonds. The van der Waals surface area contributed by atoms with E-state index < -0.39 is 30.4 Å². The summed E-state index contributed by atoms with van der Waals surface area (Å²) < 4.78 is 38.4. The standard InChI is InChI=1S/C36H34O13/c1-43-27-18-24(19-28(44-2)33(27)40)32(39)31(20-48-36(42)23-9-13-26(38)14-10-23)49-34-29(45-3)16-21(17-30(34)46-4)6-5-15-47-35(41)22-7-11-25(37)12-8-22/h5-14,16-19,31,37-38,40H,15,20H2,1-4H3/b6-5+. The summed E-state index contributed by atoms with van der Waals surface area (Å²) in [5, 5.41) is 29.3. The normalized spacial score (nSPS) is 11.3. The Morgan fingerprint density at radius 3 is 1.57 bits per heavy atom. The molecule has 13 nitrogen and oxygen atoms in total. The zero-order valence-corrected chi connectivity index (χ0v) is 27.0. The highest BCUT2D eigenvalue weighted by atomic mass is 16.6. The van der Waals surface area contributed by atoms with Crippen molar-refractivity contribution in [2.75, 3.05) is 41.7 Å². The summed E-state index contributed by atoms with van der Waals surface area (Å²) in [7, 11) is 5.38. The summed E-state index contributed by atoms with van der Waals surface area (Å²) in [6.45, 7) is -0.629. The Morgan fingerprint density at radius 2 is 1.10 bits per heavy atom. The van der Waals surface area contributed by atoms with Crippen molar-refractivity contribution < 1.29 is 62.9 Å². The highest BCUT2D eigenvalue weighted by Crippen LogP contribution is 2.41. The fraction of sp³-hybridized carbons (Fsp3) is 0.194. The van der Waals surface area contributed by atoms with Crippen LogP contribution in [-0.4, -0.2) is 80.8 Å². The first-order valence-electron chi connectivity index (χ1n) is 14.6. The molecule has 0 saturated carbocycles. The monoisotopic (exact) mass is 674 g/mol. The zero-order valence-electron chi connectivity index (χ0n) is 27.0. The SMILES string of the molecule is COc1cc(C(=O)C(COC(=O)c2ccc(O)cc2)Oc2c(OC)cc(/C=C/COC(=O)c3ccc(O)cc3)cc2OC)cc(OC)c1O. The molecule has 0 fully saturated rings. The van der Waals surface area contributed by atoms with E-state index in [9.17, 15) is 29.7 Å². The van der Waals surface area contributed by atoms with Gasteiger partial charge in [-0.15, -0.1) is 0 Å². The van der Waals surface area contributed by atoms with Crippen molar-refractivity contribution in [3.05, 3.63) is 101 Å². The van der Waals surface area contributed by atoms with Crippen molar-refractivity contribution >= 4 is 23.8 Å². The summed E-state index contributed by atoms with van der Waals surface area (Å²) in [5.41, 5.74) is 0.975. The number of ether oxygens (including phenoxy) is 7. The van der Waals surface area contributed by atoms with E-state index in [4.69, 9.17) is 33.2 Å². The van der Waals surface area contributed by atoms with E-state index in [0.717, 1.165) is 0 Å². The summed E-state index contributed by atoms with van der Waals surface area (Å²) >= 11 is 0. The van der Waals surface area contributed by atoms with Gasteiger partial charge in [0, 0.05) is 5.56 Å². The number of phenols is 3. The fourth-order valence-corrected chi connectivity index (χ4v) is 4.46. The first kappa shape index (κ1) is 35.5. The molecule has 1 atom stereocenters. The third kappa shape index (κ3) is 8.92. The minimum atomic E-state index is -1.47. The number of phenolic OH excluding ortho intramolecular Hbond substituents is 3. The number of carbonyl (C=O) groups excluding carboxylic acids is 3. The average molecular weight is 675 g/mol. The van der Waals surface area contributed by atoms with Gasteiger partial charge >= 0.3 is 11.9 Å². The maximum atomic E-state index is 13.9. The second-order valence-electron chi connectivity index (χ2n) is 10.1. The molecule has 4 rings (SSSR count). The molecule has 13 heteroatoms. The fourth-order valence-electron chi connectivity index (χ4n) is 4.46. The van der Waals surface area contributed by atoms with Crippen LogP contribution in [0.3, 0.4) is 0 Å². The Kier molecular flexibility index (Phi) is 11.9. The van der Waals surface area contributed by atoms with Crippen molar-refractivity contribution in [2.24, 2.45) is 0 Å². The molecule has 1 unspecified atom stereocenters. The van der Waals surface area contributed by atoms with Gasteiger partial charge in [-0.2, -0.15) is 0 Å². The minimum absolute atomic E-state index is 0.0107. The predicted molar refractivity (Wildman–Crippen MR) is 175 cm³/mol. The molecule has 0 aliphatic carbocycles. The van der Waals surface area contributed by atoms with Crippen LogP contribution in [0, 0.1) is 0 Å². The summed E-state index contributed by atoms with van der Waals surface area (Å²) in [5.74, 6) is -2.12. The van der Waals surface area contributed by atoms with E-state index in [-0.39, 0.29) is 69.3 Å². The van der Waals surface area contributed by atoms with Crippen LogP contribution in [0.4, 0.5) is 0 Å². The molecule has 0 radical (unpaired) electrons. The Labute approximate surface area is 281 Å². The second-order valence-corrected chi connectivity index (χ2v) is 10.1. The Bertz CT molecular complexity index is 1760. The molecule has 256 valence electrons. The molecular weight excluding hydrogens is 640 g/mol. The van der Waals surface area contributed by atoms with E-state index in [1.54, 1.807) is 24.3 Å². The lowest BCUT2D eigenvalue weighted by Gasteiger charge is -2.22. The van der Waals surface area contributed by atoms with Gasteiger partial charge in [0.25, 0.3) is 0 Å². The largest absolute Gasteiger partial charge is 0.508 e. The van der Waals surface area contributed by atoms with Crippen LogP contribution in [0.2, 0.25) is 0 Å². The Balaban J connectivity index is 1.61. The van der Waals surface area contributed by atoms with Crippen LogP contribution < -0.4 is 23.7 Å². The molecule has 0 aliphatic heterocycles. The van der Waals surface area contributed by atoms with Gasteiger partial charge in [-0.3, -0.25) is 4.79 Å². The molecule has 49 heavy (non-hydrogen) atoms. The maximum absolute atomic E-state index is 13.9. The van der Waals surface area contributed by atoms with E-state index in [1.807, 2.05) is 0 Å². The van der Waals surface area contributed by atoms with E-state index in [0.29, 0.717) is 5.56 Å². The summed E-state index contributed by atoms with van der Waals surface area (Å²) in [6, 6.07) is 16.7. The van der Waals surface area contributed by atoms with Crippen LogP contribution in [0.1, 0.15) is 36.6 Å². The number of carbonyl (C=O) groups is 3. The lowest BCUT2D eigenvalue weighted by atomic mass is 10.0. The highest BCUT2D eigenvalue weighted by molar-refractivity contribution is 6.01. The van der Waals surface area contributed by atoms with Gasteiger partial charge in [0.15, 0.2) is 29.1 Å². The van der Waals surface area contributed by atoms with Gasteiger partial charge in [0.2, 0.25) is 17.3 Å². The first-order valence-corrected chi connectivity index (χ1v) is 14.6. The number of hydrogen-bond acceptors (Lipinski definition) is 13. The minimum Gasteiger partial charge on any atom is -0.508 e. The molecule has 0 bridgehead atoms. The zero-order chi connectivity index (χ0) is 35.5. The molecule has 0 aliphatic rings. The molecule has 0 aromatic heterocycles. The van der Waals surface area contributed by atoms with Gasteiger partial charge in [0.05, 0.1) is 39.6 Å². The molecule has 4 aromatic rings.